The minimum absolute atomic E-state index is 0.0501. The lowest BCUT2D eigenvalue weighted by atomic mass is 10.1. The van der Waals surface area contributed by atoms with Crippen LogP contribution in [-0.2, 0) is 16.3 Å². The van der Waals surface area contributed by atoms with Gasteiger partial charge < -0.3 is 4.74 Å². The van der Waals surface area contributed by atoms with Gasteiger partial charge in [-0.2, -0.15) is 0 Å². The lowest BCUT2D eigenvalue weighted by Gasteiger charge is -2.19. The fourth-order valence-corrected chi connectivity index (χ4v) is 2.42. The maximum absolute atomic E-state index is 11.9. The molecule has 0 atom stereocenters. The highest BCUT2D eigenvalue weighted by molar-refractivity contribution is 7.92. The molecule has 18 heavy (non-hydrogen) atoms. The van der Waals surface area contributed by atoms with E-state index in [1.807, 2.05) is 31.2 Å². The van der Waals surface area contributed by atoms with Gasteiger partial charge in [0.05, 0.1) is 10.5 Å². The Morgan fingerprint density at radius 3 is 2.33 bits per heavy atom. The first kappa shape index (κ1) is 15.0. The molecule has 0 aliphatic carbocycles. The molecule has 0 saturated heterocycles. The topological polar surface area (TPSA) is 43.4 Å². The van der Waals surface area contributed by atoms with Gasteiger partial charge >= 0.3 is 0 Å². The van der Waals surface area contributed by atoms with Gasteiger partial charge in [-0.25, -0.2) is 8.42 Å². The number of rotatable bonds is 5. The van der Waals surface area contributed by atoms with E-state index in [1.54, 1.807) is 20.8 Å². The van der Waals surface area contributed by atoms with Crippen LogP contribution in [-0.4, -0.2) is 25.5 Å². The summed E-state index contributed by atoms with van der Waals surface area (Å²) in [6.45, 7) is 7.39. The molecule has 0 amide bonds. The van der Waals surface area contributed by atoms with Crippen LogP contribution < -0.4 is 4.74 Å². The van der Waals surface area contributed by atoms with Crippen molar-refractivity contribution in [2.75, 3.05) is 12.4 Å². The minimum atomic E-state index is -3.11. The summed E-state index contributed by atoms with van der Waals surface area (Å²) >= 11 is 0. The van der Waals surface area contributed by atoms with Gasteiger partial charge in [0.15, 0.2) is 9.84 Å². The van der Waals surface area contributed by atoms with E-state index in [4.69, 9.17) is 4.74 Å². The van der Waals surface area contributed by atoms with Gasteiger partial charge in [-0.1, -0.05) is 25.1 Å². The van der Waals surface area contributed by atoms with Crippen LogP contribution in [0.5, 0.6) is 5.75 Å². The molecule has 0 radical (unpaired) electrons. The lowest BCUT2D eigenvalue weighted by Crippen LogP contribution is -2.32. The third-order valence-electron chi connectivity index (χ3n) is 2.90. The van der Waals surface area contributed by atoms with Crippen molar-refractivity contribution in [3.63, 3.8) is 0 Å². The Balaban J connectivity index is 2.63. The van der Waals surface area contributed by atoms with Crippen LogP contribution in [0, 0.1) is 0 Å². The smallest absolute Gasteiger partial charge is 0.158 e. The molecule has 0 fully saturated rings. The Kier molecular flexibility index (Phi) is 4.79. The van der Waals surface area contributed by atoms with Crippen molar-refractivity contribution in [1.82, 2.24) is 0 Å². The molecule has 1 aromatic rings. The third-order valence-corrected chi connectivity index (χ3v) is 5.47. The molecule has 0 bridgehead atoms. The van der Waals surface area contributed by atoms with E-state index in [0.29, 0.717) is 0 Å². The van der Waals surface area contributed by atoms with E-state index in [9.17, 15) is 8.42 Å². The second-order valence-corrected chi connectivity index (χ2v) is 8.10. The molecule has 4 heteroatoms. The van der Waals surface area contributed by atoms with Crippen LogP contribution in [0.1, 0.15) is 33.3 Å². The number of para-hydroxylation sites is 1. The molecule has 1 rings (SSSR count). The van der Waals surface area contributed by atoms with Crippen LogP contribution in [0.25, 0.3) is 0 Å². The van der Waals surface area contributed by atoms with E-state index >= 15 is 0 Å². The molecular formula is C14H22O3S. The van der Waals surface area contributed by atoms with Gasteiger partial charge in [0, 0.05) is 0 Å². The largest absolute Gasteiger partial charge is 0.492 e. The Morgan fingerprint density at radius 1 is 1.17 bits per heavy atom. The van der Waals surface area contributed by atoms with Gasteiger partial charge in [0.25, 0.3) is 0 Å². The monoisotopic (exact) mass is 270 g/mol. The summed E-state index contributed by atoms with van der Waals surface area (Å²) in [5, 5.41) is 0. The zero-order valence-electron chi connectivity index (χ0n) is 11.6. The summed E-state index contributed by atoms with van der Waals surface area (Å²) < 4.78 is 28.7. The quantitative estimate of drug-likeness (QED) is 0.826. The van der Waals surface area contributed by atoms with Gasteiger partial charge in [0.1, 0.15) is 12.4 Å². The molecule has 0 saturated carbocycles. The summed E-state index contributed by atoms with van der Waals surface area (Å²) in [7, 11) is -3.11. The van der Waals surface area contributed by atoms with Crippen molar-refractivity contribution in [2.45, 2.75) is 38.9 Å². The zero-order chi connectivity index (χ0) is 13.8. The van der Waals surface area contributed by atoms with E-state index in [2.05, 4.69) is 0 Å². The Hall–Kier alpha value is -1.03. The average molecular weight is 270 g/mol. The second kappa shape index (κ2) is 5.74. The molecule has 0 aliphatic rings. The molecule has 1 aromatic carbocycles. The summed E-state index contributed by atoms with van der Waals surface area (Å²) in [6.07, 6.45) is 0.877. The number of aryl methyl sites for hydroxylation is 1. The minimum Gasteiger partial charge on any atom is -0.492 e. The van der Waals surface area contributed by atoms with Crippen LogP contribution in [0.4, 0.5) is 0 Å². The first-order valence-electron chi connectivity index (χ1n) is 6.21. The molecule has 3 nitrogen and oxygen atoms in total. The number of hydrogen-bond acceptors (Lipinski definition) is 3. The van der Waals surface area contributed by atoms with Crippen molar-refractivity contribution >= 4 is 9.84 Å². The Bertz CT molecular complexity index is 484. The summed E-state index contributed by atoms with van der Waals surface area (Å²) in [5.41, 5.74) is 1.10. The van der Waals surface area contributed by atoms with Gasteiger partial charge in [-0.3, -0.25) is 0 Å². The van der Waals surface area contributed by atoms with Crippen molar-refractivity contribution in [2.24, 2.45) is 0 Å². The normalized spacial score (nSPS) is 12.4. The first-order valence-corrected chi connectivity index (χ1v) is 7.86. The first-order chi connectivity index (χ1) is 8.28. The highest BCUT2D eigenvalue weighted by Crippen LogP contribution is 2.20. The molecule has 102 valence electrons. The summed E-state index contributed by atoms with van der Waals surface area (Å²) in [4.78, 5) is 0. The second-order valence-electron chi connectivity index (χ2n) is 5.24. The predicted molar refractivity (Wildman–Crippen MR) is 74.9 cm³/mol. The molecule has 0 aromatic heterocycles. The van der Waals surface area contributed by atoms with Gasteiger partial charge in [0.2, 0.25) is 0 Å². The highest BCUT2D eigenvalue weighted by Gasteiger charge is 2.28. The number of hydrogen-bond donors (Lipinski definition) is 0. The SMILES string of the molecule is CCc1ccccc1OCCS(=O)(=O)C(C)(C)C. The van der Waals surface area contributed by atoms with Crippen LogP contribution >= 0.6 is 0 Å². The van der Waals surface area contributed by atoms with E-state index < -0.39 is 14.6 Å². The van der Waals surface area contributed by atoms with E-state index in [1.165, 1.54) is 0 Å². The molecule has 0 spiro atoms. The fourth-order valence-electron chi connectivity index (χ4n) is 1.50. The molecule has 0 N–H and O–H groups in total. The van der Waals surface area contributed by atoms with Gasteiger partial charge in [-0.15, -0.1) is 0 Å². The Morgan fingerprint density at radius 2 is 1.78 bits per heavy atom. The summed E-state index contributed by atoms with van der Waals surface area (Å²) in [5.74, 6) is 0.832. The zero-order valence-corrected chi connectivity index (χ0v) is 12.4. The number of ether oxygens (including phenoxy) is 1. The fraction of sp³-hybridized carbons (Fsp3) is 0.571. The van der Waals surface area contributed by atoms with E-state index in [-0.39, 0.29) is 12.4 Å². The standard InChI is InChI=1S/C14H22O3S/c1-5-12-8-6-7-9-13(12)17-10-11-18(15,16)14(2,3)4/h6-9H,5,10-11H2,1-4H3. The van der Waals surface area contributed by atoms with Crippen molar-refractivity contribution < 1.29 is 13.2 Å². The maximum Gasteiger partial charge on any atom is 0.158 e. The van der Waals surface area contributed by atoms with Crippen LogP contribution in [0.15, 0.2) is 24.3 Å². The molecule has 0 aliphatic heterocycles. The van der Waals surface area contributed by atoms with Crippen molar-refractivity contribution in [1.29, 1.82) is 0 Å². The van der Waals surface area contributed by atoms with Crippen LogP contribution in [0.2, 0.25) is 0 Å². The Labute approximate surface area is 110 Å². The van der Waals surface area contributed by atoms with Crippen LogP contribution in [0.3, 0.4) is 0 Å². The molecule has 0 unspecified atom stereocenters. The van der Waals surface area contributed by atoms with Crippen molar-refractivity contribution in [3.8, 4) is 5.75 Å². The van der Waals surface area contributed by atoms with Crippen molar-refractivity contribution in [3.05, 3.63) is 29.8 Å². The number of benzene rings is 1. The average Bonchev–Trinajstić information content (AvgIpc) is 2.28. The summed E-state index contributed by atoms with van der Waals surface area (Å²) in [6, 6.07) is 7.72. The number of sulfone groups is 1. The van der Waals surface area contributed by atoms with E-state index in [0.717, 1.165) is 17.7 Å². The van der Waals surface area contributed by atoms with Gasteiger partial charge in [-0.05, 0) is 38.8 Å². The maximum atomic E-state index is 11.9. The molecular weight excluding hydrogens is 248 g/mol. The lowest BCUT2D eigenvalue weighted by molar-refractivity contribution is 0.336. The highest BCUT2D eigenvalue weighted by atomic mass is 32.2. The molecule has 0 heterocycles. The third kappa shape index (κ3) is 3.73. The predicted octanol–water partition coefficient (Wildman–Crippen LogP) is 2.84.